The van der Waals surface area contributed by atoms with Gasteiger partial charge in [-0.2, -0.15) is 0 Å². The number of pyridine rings is 1. The number of ether oxygens (including phenoxy) is 1. The number of piperidine rings is 1. The Morgan fingerprint density at radius 3 is 2.75 bits per heavy atom. The minimum Gasteiger partial charge on any atom is -0.489 e. The van der Waals surface area contributed by atoms with Crippen LogP contribution in [0, 0.1) is 5.82 Å². The highest BCUT2D eigenvalue weighted by molar-refractivity contribution is 5.92. The maximum absolute atomic E-state index is 15.2. The van der Waals surface area contributed by atoms with E-state index in [9.17, 15) is 4.79 Å². The molecule has 1 amide bonds. The first-order valence-electron chi connectivity index (χ1n) is 13.7. The number of rotatable bonds is 9. The van der Waals surface area contributed by atoms with Crippen molar-refractivity contribution in [2.75, 3.05) is 23.7 Å². The zero-order valence-electron chi connectivity index (χ0n) is 22.2. The minimum atomic E-state index is -0.445. The Balaban J connectivity index is 1.14. The molecule has 10 heteroatoms. The molecule has 0 spiro atoms. The van der Waals surface area contributed by atoms with Crippen LogP contribution in [0.25, 0.3) is 11.0 Å². The second-order valence-electron chi connectivity index (χ2n) is 10.4. The third kappa shape index (κ3) is 5.47. The summed E-state index contributed by atoms with van der Waals surface area (Å²) in [5, 5.41) is 7.43. The molecule has 2 fully saturated rings. The van der Waals surface area contributed by atoms with Gasteiger partial charge in [-0.3, -0.25) is 4.79 Å². The molecule has 206 valence electrons. The number of carbonyl (C=O) groups is 1. The van der Waals surface area contributed by atoms with Crippen LogP contribution < -0.4 is 15.4 Å². The van der Waals surface area contributed by atoms with Crippen molar-refractivity contribution in [2.45, 2.75) is 50.7 Å². The van der Waals surface area contributed by atoms with Crippen molar-refractivity contribution in [3.63, 3.8) is 0 Å². The summed E-state index contributed by atoms with van der Waals surface area (Å²) in [7, 11) is 0. The minimum absolute atomic E-state index is 0.0440. The summed E-state index contributed by atoms with van der Waals surface area (Å²) < 4.78 is 21.1. The van der Waals surface area contributed by atoms with E-state index in [1.165, 1.54) is 37.7 Å². The van der Waals surface area contributed by atoms with Crippen LogP contribution in [0.2, 0.25) is 0 Å². The van der Waals surface area contributed by atoms with E-state index < -0.39 is 5.82 Å². The molecule has 1 saturated heterocycles. The van der Waals surface area contributed by atoms with E-state index in [1.807, 2.05) is 23.2 Å². The Labute approximate surface area is 231 Å². The smallest absolute Gasteiger partial charge is 0.245 e. The Kier molecular flexibility index (Phi) is 7.31. The van der Waals surface area contributed by atoms with Crippen LogP contribution in [0.5, 0.6) is 5.75 Å². The highest BCUT2D eigenvalue weighted by Crippen LogP contribution is 2.36. The second-order valence-corrected chi connectivity index (χ2v) is 10.4. The molecule has 9 nitrogen and oxygen atoms in total. The average Bonchev–Trinajstić information content (AvgIpc) is 3.40. The quantitative estimate of drug-likeness (QED) is 0.234. The lowest BCUT2D eigenvalue weighted by Crippen LogP contribution is -2.36. The van der Waals surface area contributed by atoms with Gasteiger partial charge < -0.3 is 25.3 Å². The molecule has 3 aromatic heterocycles. The standard InChI is InChI=1S/C30H32FN7O2/c1-2-27(39)38-12-9-20(10-13-38)23-16-33-29-28(23)30(35-18-34-29)37-25-7-6-22(15-24(25)31)40-17-19-8-11-32-26(14-19)36-21-4-3-5-21/h2,6-8,11,14-16,18,20-21H,1,3-5,9-10,12-13,17H2,(H,32,36)(H2,33,34,35,37). The summed E-state index contributed by atoms with van der Waals surface area (Å²) in [4.78, 5) is 30.2. The summed E-state index contributed by atoms with van der Waals surface area (Å²) in [6.45, 7) is 5.21. The first-order chi connectivity index (χ1) is 19.6. The summed E-state index contributed by atoms with van der Waals surface area (Å²) in [5.74, 6) is 1.54. The van der Waals surface area contributed by atoms with Gasteiger partial charge in [0.05, 0.1) is 11.1 Å². The van der Waals surface area contributed by atoms with Crippen molar-refractivity contribution in [3.8, 4) is 5.75 Å². The molecule has 4 heterocycles. The van der Waals surface area contributed by atoms with E-state index in [4.69, 9.17) is 4.74 Å². The average molecular weight is 542 g/mol. The van der Waals surface area contributed by atoms with Crippen molar-refractivity contribution >= 4 is 34.3 Å². The number of fused-ring (bicyclic) bond motifs is 1. The molecule has 0 unspecified atom stereocenters. The van der Waals surface area contributed by atoms with E-state index in [0.29, 0.717) is 48.6 Å². The number of aromatic amines is 1. The van der Waals surface area contributed by atoms with Crippen LogP contribution in [-0.4, -0.2) is 49.9 Å². The maximum Gasteiger partial charge on any atom is 0.245 e. The Hall–Kier alpha value is -4.47. The number of hydrogen-bond donors (Lipinski definition) is 3. The number of amides is 1. The fourth-order valence-electron chi connectivity index (χ4n) is 5.33. The first kappa shape index (κ1) is 25.8. The number of anilines is 3. The zero-order chi connectivity index (χ0) is 27.5. The topological polar surface area (TPSA) is 108 Å². The highest BCUT2D eigenvalue weighted by Gasteiger charge is 2.26. The van der Waals surface area contributed by atoms with Crippen LogP contribution in [0.1, 0.15) is 49.1 Å². The largest absolute Gasteiger partial charge is 0.489 e. The lowest BCUT2D eigenvalue weighted by atomic mass is 9.89. The van der Waals surface area contributed by atoms with Crippen molar-refractivity contribution < 1.29 is 13.9 Å². The molecule has 2 aliphatic rings. The molecule has 0 atom stereocenters. The van der Waals surface area contributed by atoms with E-state index >= 15 is 4.39 Å². The molecule has 40 heavy (non-hydrogen) atoms. The molecule has 1 aliphatic heterocycles. The number of hydrogen-bond acceptors (Lipinski definition) is 7. The van der Waals surface area contributed by atoms with Crippen LogP contribution in [0.4, 0.5) is 21.7 Å². The number of nitrogens with one attached hydrogen (secondary N) is 3. The SMILES string of the molecule is C=CC(=O)N1CCC(c2c[nH]c3ncnc(Nc4ccc(OCc5ccnc(NC6CCC6)c5)cc4F)c23)CC1. The summed E-state index contributed by atoms with van der Waals surface area (Å²) in [5.41, 5.74) is 3.00. The van der Waals surface area contributed by atoms with Crippen molar-refractivity contribution in [3.05, 3.63) is 78.7 Å². The Bertz CT molecular complexity index is 1530. The van der Waals surface area contributed by atoms with Crippen LogP contribution in [-0.2, 0) is 11.4 Å². The predicted molar refractivity (Wildman–Crippen MR) is 152 cm³/mol. The van der Waals surface area contributed by atoms with Gasteiger partial charge in [0.15, 0.2) is 0 Å². The number of halogens is 1. The van der Waals surface area contributed by atoms with Crippen molar-refractivity contribution in [2.24, 2.45) is 0 Å². The van der Waals surface area contributed by atoms with Gasteiger partial charge in [-0.1, -0.05) is 6.58 Å². The van der Waals surface area contributed by atoms with Crippen molar-refractivity contribution in [1.29, 1.82) is 0 Å². The number of carbonyl (C=O) groups excluding carboxylic acids is 1. The number of likely N-dealkylation sites (tertiary alicyclic amines) is 1. The highest BCUT2D eigenvalue weighted by atomic mass is 19.1. The second kappa shape index (κ2) is 11.3. The third-order valence-corrected chi connectivity index (χ3v) is 7.80. The summed E-state index contributed by atoms with van der Waals surface area (Å²) in [6.07, 6.45) is 11.7. The van der Waals surface area contributed by atoms with Gasteiger partial charge in [-0.05, 0) is 79.5 Å². The lowest BCUT2D eigenvalue weighted by molar-refractivity contribution is -0.127. The number of H-pyrrole nitrogens is 1. The number of aromatic nitrogens is 4. The summed E-state index contributed by atoms with van der Waals surface area (Å²) >= 11 is 0. The predicted octanol–water partition coefficient (Wildman–Crippen LogP) is 5.67. The molecule has 1 saturated carbocycles. The van der Waals surface area contributed by atoms with Gasteiger partial charge in [-0.15, -0.1) is 0 Å². The molecule has 0 radical (unpaired) electrons. The lowest BCUT2D eigenvalue weighted by Gasteiger charge is -2.31. The molecule has 0 bridgehead atoms. The number of nitrogens with zero attached hydrogens (tertiary/aromatic N) is 4. The van der Waals surface area contributed by atoms with Crippen LogP contribution >= 0.6 is 0 Å². The molecule has 6 rings (SSSR count). The molecule has 1 aromatic carbocycles. The van der Waals surface area contributed by atoms with E-state index in [1.54, 1.807) is 18.3 Å². The first-order valence-corrected chi connectivity index (χ1v) is 13.7. The Morgan fingerprint density at radius 1 is 1.15 bits per heavy atom. The monoisotopic (exact) mass is 541 g/mol. The summed E-state index contributed by atoms with van der Waals surface area (Å²) in [6, 6.07) is 9.13. The van der Waals surface area contributed by atoms with Gasteiger partial charge in [-0.25, -0.2) is 19.3 Å². The van der Waals surface area contributed by atoms with Crippen LogP contribution in [0.15, 0.2) is 61.7 Å². The van der Waals surface area contributed by atoms with Gasteiger partial charge in [0.25, 0.3) is 0 Å². The molecule has 4 aromatic rings. The number of benzene rings is 1. The molecule has 3 N–H and O–H groups in total. The van der Waals surface area contributed by atoms with Gasteiger partial charge in [0.1, 0.15) is 41.8 Å². The van der Waals surface area contributed by atoms with E-state index in [0.717, 1.165) is 35.2 Å². The van der Waals surface area contributed by atoms with Crippen LogP contribution in [0.3, 0.4) is 0 Å². The Morgan fingerprint density at radius 2 is 2.00 bits per heavy atom. The van der Waals surface area contributed by atoms with E-state index in [-0.39, 0.29) is 11.8 Å². The van der Waals surface area contributed by atoms with Crippen molar-refractivity contribution in [1.82, 2.24) is 24.8 Å². The maximum atomic E-state index is 15.2. The fourth-order valence-corrected chi connectivity index (χ4v) is 5.33. The normalized spacial score (nSPS) is 16.0. The zero-order valence-corrected chi connectivity index (χ0v) is 22.2. The fraction of sp³-hybridized carbons (Fsp3) is 0.333. The van der Waals surface area contributed by atoms with E-state index in [2.05, 4.69) is 37.1 Å². The molecular weight excluding hydrogens is 509 g/mol. The molecular formula is C30H32FN7O2. The molecule has 1 aliphatic carbocycles. The van der Waals surface area contributed by atoms with Gasteiger partial charge >= 0.3 is 0 Å². The third-order valence-electron chi connectivity index (χ3n) is 7.80. The van der Waals surface area contributed by atoms with Gasteiger partial charge in [0, 0.05) is 37.6 Å². The van der Waals surface area contributed by atoms with Gasteiger partial charge in [0.2, 0.25) is 5.91 Å².